The van der Waals surface area contributed by atoms with Crippen molar-refractivity contribution in [2.75, 3.05) is 14.1 Å². The average molecular weight is 267 g/mol. The first-order chi connectivity index (χ1) is 8.33. The van der Waals surface area contributed by atoms with Gasteiger partial charge in [0, 0.05) is 18.1 Å². The van der Waals surface area contributed by atoms with Crippen LogP contribution in [-0.4, -0.2) is 30.8 Å². The van der Waals surface area contributed by atoms with Crippen molar-refractivity contribution in [2.24, 2.45) is 0 Å². The molecule has 0 spiro atoms. The summed E-state index contributed by atoms with van der Waals surface area (Å²) in [7, 11) is 4.09. The monoisotopic (exact) mass is 267 g/mol. The van der Waals surface area contributed by atoms with Gasteiger partial charge in [-0.15, -0.1) is 0 Å². The zero-order chi connectivity index (χ0) is 13.8. The minimum absolute atomic E-state index is 0. The lowest BCUT2D eigenvalue weighted by molar-refractivity contribution is -0.945. The van der Waals surface area contributed by atoms with Gasteiger partial charge in [0.1, 0.15) is 6.54 Å². The fraction of sp³-hybridized carbons (Fsp3) is 0.400. The molecule has 0 heterocycles. The lowest BCUT2D eigenvalue weighted by atomic mass is 10.2. The standard InChI is InChI=1S/C15H22NO2.FH/c1-12(2)15(17)18-13(3)16(4,5)11-14-9-7-6-8-10-14;/h6-10,13H,1,11H2,2-5H3;1H/q+1;/p-1. The van der Waals surface area contributed by atoms with Crippen LogP contribution in [0.4, 0.5) is 0 Å². The van der Waals surface area contributed by atoms with Crippen molar-refractivity contribution in [3.8, 4) is 0 Å². The summed E-state index contributed by atoms with van der Waals surface area (Å²) in [6.07, 6.45) is -0.214. The second-order valence-corrected chi connectivity index (χ2v) is 5.21. The van der Waals surface area contributed by atoms with Crippen LogP contribution in [0.2, 0.25) is 0 Å². The van der Waals surface area contributed by atoms with Crippen LogP contribution in [0.15, 0.2) is 42.5 Å². The largest absolute Gasteiger partial charge is 1.00 e. The molecule has 1 aromatic rings. The number of quaternary nitrogens is 1. The Hall–Kier alpha value is -1.68. The van der Waals surface area contributed by atoms with Crippen molar-refractivity contribution in [3.05, 3.63) is 48.0 Å². The first kappa shape index (κ1) is 17.3. The molecule has 19 heavy (non-hydrogen) atoms. The highest BCUT2D eigenvalue weighted by Crippen LogP contribution is 2.15. The second kappa shape index (κ2) is 7.04. The summed E-state index contributed by atoms with van der Waals surface area (Å²) in [6, 6.07) is 10.2. The molecular formula is C15H22FNO2. The molecule has 4 heteroatoms. The smallest absolute Gasteiger partial charge is 0.337 e. The minimum atomic E-state index is -0.332. The van der Waals surface area contributed by atoms with Gasteiger partial charge < -0.3 is 9.44 Å². The van der Waals surface area contributed by atoms with Crippen molar-refractivity contribution < 1.29 is 18.7 Å². The molecule has 1 unspecified atom stereocenters. The number of esters is 1. The van der Waals surface area contributed by atoms with E-state index in [9.17, 15) is 4.79 Å². The first-order valence-corrected chi connectivity index (χ1v) is 6.06. The second-order valence-electron chi connectivity index (χ2n) is 5.21. The molecule has 0 aliphatic heterocycles. The van der Waals surface area contributed by atoms with Crippen molar-refractivity contribution in [2.45, 2.75) is 26.6 Å². The molecule has 0 N–H and O–H groups in total. The van der Waals surface area contributed by atoms with E-state index in [1.165, 1.54) is 5.56 Å². The molecule has 3 nitrogen and oxygen atoms in total. The number of hydrogen-bond acceptors (Lipinski definition) is 2. The van der Waals surface area contributed by atoms with Gasteiger partial charge in [0.15, 0.2) is 0 Å². The molecule has 0 aliphatic rings. The molecule has 1 rings (SSSR count). The Morgan fingerprint density at radius 3 is 2.32 bits per heavy atom. The molecule has 0 saturated heterocycles. The van der Waals surface area contributed by atoms with Gasteiger partial charge in [-0.3, -0.25) is 4.48 Å². The quantitative estimate of drug-likeness (QED) is 0.318. The third kappa shape index (κ3) is 5.22. The van der Waals surface area contributed by atoms with Crippen LogP contribution in [0.1, 0.15) is 19.4 Å². The maximum absolute atomic E-state index is 11.5. The van der Waals surface area contributed by atoms with Crippen LogP contribution in [0.5, 0.6) is 0 Å². The zero-order valence-electron chi connectivity index (χ0n) is 12.0. The highest BCUT2D eigenvalue weighted by molar-refractivity contribution is 5.86. The normalized spacial score (nSPS) is 12.2. The van der Waals surface area contributed by atoms with Crippen LogP contribution >= 0.6 is 0 Å². The van der Waals surface area contributed by atoms with Gasteiger partial charge in [0.05, 0.1) is 14.1 Å². The summed E-state index contributed by atoms with van der Waals surface area (Å²) < 4.78 is 5.97. The van der Waals surface area contributed by atoms with Crippen molar-refractivity contribution in [1.29, 1.82) is 0 Å². The number of carbonyl (C=O) groups is 1. The maximum Gasteiger partial charge on any atom is 0.337 e. The number of rotatable bonds is 5. The summed E-state index contributed by atoms with van der Waals surface area (Å²) in [6.45, 7) is 7.97. The fourth-order valence-electron chi connectivity index (χ4n) is 1.58. The summed E-state index contributed by atoms with van der Waals surface area (Å²) >= 11 is 0. The lowest BCUT2D eigenvalue weighted by Crippen LogP contribution is -3.00. The Bertz CT molecular complexity index is 429. The first-order valence-electron chi connectivity index (χ1n) is 6.06. The summed E-state index contributed by atoms with van der Waals surface area (Å²) in [4.78, 5) is 11.5. The van der Waals surface area contributed by atoms with E-state index < -0.39 is 0 Å². The summed E-state index contributed by atoms with van der Waals surface area (Å²) in [5, 5.41) is 0. The zero-order valence-corrected chi connectivity index (χ0v) is 12.0. The SMILES string of the molecule is C=C(C)C(=O)OC(C)[N+](C)(C)Cc1ccccc1.[F-]. The number of carbonyl (C=O) groups excluding carboxylic acids is 1. The van der Waals surface area contributed by atoms with Crippen molar-refractivity contribution in [3.63, 3.8) is 0 Å². The van der Waals surface area contributed by atoms with Crippen molar-refractivity contribution >= 4 is 5.97 Å². The molecule has 0 bridgehead atoms. The summed E-state index contributed by atoms with van der Waals surface area (Å²) in [5.41, 5.74) is 1.65. The topological polar surface area (TPSA) is 26.3 Å². The molecule has 0 aliphatic carbocycles. The third-order valence-corrected chi connectivity index (χ3v) is 3.04. The van der Waals surface area contributed by atoms with E-state index in [0.29, 0.717) is 10.1 Å². The van der Waals surface area contributed by atoms with Gasteiger partial charge in [-0.2, -0.15) is 0 Å². The van der Waals surface area contributed by atoms with E-state index in [0.717, 1.165) is 6.54 Å². The number of nitrogens with zero attached hydrogens (tertiary/aromatic N) is 1. The number of halogens is 1. The predicted octanol–water partition coefficient (Wildman–Crippen LogP) is -0.268. The third-order valence-electron chi connectivity index (χ3n) is 3.04. The van der Waals surface area contributed by atoms with Crippen molar-refractivity contribution in [1.82, 2.24) is 0 Å². The molecule has 106 valence electrons. The number of ether oxygens (including phenoxy) is 1. The Morgan fingerprint density at radius 1 is 1.32 bits per heavy atom. The van der Waals surface area contributed by atoms with Crippen LogP contribution in [0, 0.1) is 0 Å². The molecule has 0 fully saturated rings. The predicted molar refractivity (Wildman–Crippen MR) is 72.6 cm³/mol. The highest BCUT2D eigenvalue weighted by Gasteiger charge is 2.27. The van der Waals surface area contributed by atoms with E-state index in [2.05, 4.69) is 18.7 Å². The molecular weight excluding hydrogens is 245 g/mol. The molecule has 0 radical (unpaired) electrons. The molecule has 0 aromatic heterocycles. The van der Waals surface area contributed by atoms with Gasteiger partial charge in [0.25, 0.3) is 0 Å². The Morgan fingerprint density at radius 2 is 1.84 bits per heavy atom. The van der Waals surface area contributed by atoms with Crippen LogP contribution in [0.25, 0.3) is 0 Å². The van der Waals surface area contributed by atoms with Gasteiger partial charge in [0.2, 0.25) is 6.23 Å². The van der Waals surface area contributed by atoms with E-state index in [1.807, 2.05) is 39.2 Å². The number of hydrogen-bond donors (Lipinski definition) is 0. The Labute approximate surface area is 114 Å². The highest BCUT2D eigenvalue weighted by atomic mass is 19.0. The molecule has 1 atom stereocenters. The van der Waals surface area contributed by atoms with Gasteiger partial charge in [-0.05, 0) is 6.92 Å². The number of benzene rings is 1. The minimum Gasteiger partial charge on any atom is -1.00 e. The van der Waals surface area contributed by atoms with Gasteiger partial charge >= 0.3 is 5.97 Å². The maximum atomic E-state index is 11.5. The molecule has 0 amide bonds. The lowest BCUT2D eigenvalue weighted by Gasteiger charge is -2.35. The Balaban J connectivity index is 0.00000324. The van der Waals surface area contributed by atoms with Gasteiger partial charge in [-0.1, -0.05) is 36.9 Å². The van der Waals surface area contributed by atoms with E-state index in [4.69, 9.17) is 4.74 Å². The van der Waals surface area contributed by atoms with Gasteiger partial charge in [-0.25, -0.2) is 4.79 Å². The van der Waals surface area contributed by atoms with Crippen LogP contribution < -0.4 is 4.70 Å². The van der Waals surface area contributed by atoms with E-state index in [1.54, 1.807) is 6.92 Å². The van der Waals surface area contributed by atoms with Crippen LogP contribution in [0.3, 0.4) is 0 Å². The Kier molecular flexibility index (Phi) is 6.42. The molecule has 0 saturated carbocycles. The van der Waals surface area contributed by atoms with Crippen LogP contribution in [-0.2, 0) is 16.1 Å². The summed E-state index contributed by atoms with van der Waals surface area (Å²) in [5.74, 6) is -0.332. The fourth-order valence-corrected chi connectivity index (χ4v) is 1.58. The molecule has 1 aromatic carbocycles. The van der Waals surface area contributed by atoms with E-state index >= 15 is 0 Å². The van der Waals surface area contributed by atoms with E-state index in [-0.39, 0.29) is 16.9 Å². The average Bonchev–Trinajstić information content (AvgIpc) is 2.29.